The molecular weight excluding hydrogens is 402 g/mol. The zero-order chi connectivity index (χ0) is 21.3. The van der Waals surface area contributed by atoms with Gasteiger partial charge >= 0.3 is 0 Å². The Balaban J connectivity index is 1.50. The summed E-state index contributed by atoms with van der Waals surface area (Å²) in [6.45, 7) is 4.73. The van der Waals surface area contributed by atoms with Crippen molar-refractivity contribution >= 4 is 21.6 Å². The molecule has 2 aliphatic rings. The Morgan fingerprint density at radius 2 is 1.77 bits per heavy atom. The van der Waals surface area contributed by atoms with Crippen molar-refractivity contribution in [3.63, 3.8) is 0 Å². The first-order chi connectivity index (χ1) is 14.4. The highest BCUT2D eigenvalue weighted by Gasteiger charge is 2.31. The number of para-hydroxylation sites is 1. The van der Waals surface area contributed by atoms with Crippen LogP contribution in [-0.2, 0) is 10.0 Å². The summed E-state index contributed by atoms with van der Waals surface area (Å²) in [4.78, 5) is 17.1. The van der Waals surface area contributed by atoms with E-state index >= 15 is 0 Å². The first kappa shape index (κ1) is 20.7. The molecule has 0 bridgehead atoms. The number of amides is 1. The highest BCUT2D eigenvalue weighted by atomic mass is 32.2. The molecular formula is C22H27N3O4S. The largest absolute Gasteiger partial charge is 0.495 e. The number of hydrogen-bond acceptors (Lipinski definition) is 5. The number of nitrogens with one attached hydrogen (secondary N) is 1. The van der Waals surface area contributed by atoms with Crippen LogP contribution in [-0.4, -0.2) is 58.6 Å². The number of sulfonamides is 1. The van der Waals surface area contributed by atoms with E-state index in [1.165, 1.54) is 24.4 Å². The van der Waals surface area contributed by atoms with Crippen molar-refractivity contribution < 1.29 is 17.9 Å². The molecule has 30 heavy (non-hydrogen) atoms. The fraction of sp³-hybridized carbons (Fsp3) is 0.409. The Kier molecular flexibility index (Phi) is 5.71. The molecule has 8 heteroatoms. The standard InChI is InChI=1S/C22H27N3O4S/c1-16-5-3-4-6-19(16)24-11-13-25(14-12-24)22(26)17-7-10-20(29-2)21(15-17)30(27,28)23-18-8-9-18/h3-7,10,15,18,23H,8-9,11-14H2,1-2H3. The summed E-state index contributed by atoms with van der Waals surface area (Å²) in [5.41, 5.74) is 2.76. The van der Waals surface area contributed by atoms with Crippen molar-refractivity contribution in [2.24, 2.45) is 0 Å². The third-order valence-corrected chi connectivity index (χ3v) is 7.16. The van der Waals surface area contributed by atoms with E-state index < -0.39 is 10.0 Å². The summed E-state index contributed by atoms with van der Waals surface area (Å²) in [6.07, 6.45) is 1.68. The molecule has 1 aliphatic carbocycles. The number of aryl methyl sites for hydroxylation is 1. The van der Waals surface area contributed by atoms with Crippen LogP contribution < -0.4 is 14.4 Å². The summed E-state index contributed by atoms with van der Waals surface area (Å²) in [6, 6.07) is 12.8. The van der Waals surface area contributed by atoms with E-state index in [0.717, 1.165) is 25.9 Å². The third kappa shape index (κ3) is 4.29. The Bertz CT molecular complexity index is 1040. The number of benzene rings is 2. The minimum Gasteiger partial charge on any atom is -0.495 e. The van der Waals surface area contributed by atoms with Crippen LogP contribution in [0.5, 0.6) is 5.75 Å². The maximum Gasteiger partial charge on any atom is 0.254 e. The fourth-order valence-corrected chi connectivity index (χ4v) is 5.25. The molecule has 0 radical (unpaired) electrons. The quantitative estimate of drug-likeness (QED) is 0.763. The van der Waals surface area contributed by atoms with Crippen molar-refractivity contribution in [2.45, 2.75) is 30.7 Å². The van der Waals surface area contributed by atoms with Gasteiger partial charge in [0.25, 0.3) is 5.91 Å². The lowest BCUT2D eigenvalue weighted by Gasteiger charge is -2.37. The molecule has 2 fully saturated rings. The van der Waals surface area contributed by atoms with Gasteiger partial charge in [-0.1, -0.05) is 18.2 Å². The minimum absolute atomic E-state index is 0.0151. The van der Waals surface area contributed by atoms with Crippen LogP contribution in [0.2, 0.25) is 0 Å². The van der Waals surface area contributed by atoms with Crippen LogP contribution in [0.25, 0.3) is 0 Å². The summed E-state index contributed by atoms with van der Waals surface area (Å²) in [7, 11) is -2.30. The Labute approximate surface area is 177 Å². The summed E-state index contributed by atoms with van der Waals surface area (Å²) >= 11 is 0. The van der Waals surface area contributed by atoms with Gasteiger partial charge in [-0.2, -0.15) is 0 Å². The van der Waals surface area contributed by atoms with Gasteiger partial charge in [0.15, 0.2) is 0 Å². The predicted molar refractivity (Wildman–Crippen MR) is 116 cm³/mol. The van der Waals surface area contributed by atoms with Crippen molar-refractivity contribution in [1.82, 2.24) is 9.62 Å². The van der Waals surface area contributed by atoms with Crippen molar-refractivity contribution in [3.8, 4) is 5.75 Å². The first-order valence-corrected chi connectivity index (χ1v) is 11.7. The third-order valence-electron chi connectivity index (χ3n) is 5.62. The van der Waals surface area contributed by atoms with E-state index in [2.05, 4.69) is 28.7 Å². The predicted octanol–water partition coefficient (Wildman–Crippen LogP) is 2.41. The maximum absolute atomic E-state index is 13.1. The molecule has 2 aromatic carbocycles. The number of carbonyl (C=O) groups excluding carboxylic acids is 1. The molecule has 1 N–H and O–H groups in total. The molecule has 1 aliphatic heterocycles. The molecule has 1 amide bonds. The molecule has 0 aromatic heterocycles. The summed E-state index contributed by atoms with van der Waals surface area (Å²) in [5, 5.41) is 0. The number of hydrogen-bond donors (Lipinski definition) is 1. The molecule has 1 heterocycles. The zero-order valence-electron chi connectivity index (χ0n) is 17.3. The smallest absolute Gasteiger partial charge is 0.254 e. The minimum atomic E-state index is -3.73. The van der Waals surface area contributed by atoms with Crippen molar-refractivity contribution in [1.29, 1.82) is 0 Å². The SMILES string of the molecule is COc1ccc(C(=O)N2CCN(c3ccccc3C)CC2)cc1S(=O)(=O)NC1CC1. The van der Waals surface area contributed by atoms with Gasteiger partial charge in [-0.15, -0.1) is 0 Å². The number of anilines is 1. The Hall–Kier alpha value is -2.58. The molecule has 160 valence electrons. The summed E-state index contributed by atoms with van der Waals surface area (Å²) < 4.78 is 33.3. The van der Waals surface area contributed by atoms with Gasteiger partial charge in [0.2, 0.25) is 10.0 Å². The van der Waals surface area contributed by atoms with E-state index in [4.69, 9.17) is 4.74 Å². The van der Waals surface area contributed by atoms with Gasteiger partial charge in [0, 0.05) is 43.5 Å². The first-order valence-electron chi connectivity index (χ1n) is 10.2. The molecule has 1 saturated carbocycles. The zero-order valence-corrected chi connectivity index (χ0v) is 18.1. The van der Waals surface area contributed by atoms with Gasteiger partial charge < -0.3 is 14.5 Å². The molecule has 2 aromatic rings. The van der Waals surface area contributed by atoms with Gasteiger partial charge in [0.05, 0.1) is 7.11 Å². The van der Waals surface area contributed by atoms with Gasteiger partial charge in [0.1, 0.15) is 10.6 Å². The molecule has 7 nitrogen and oxygen atoms in total. The van der Waals surface area contributed by atoms with Crippen LogP contribution in [0.4, 0.5) is 5.69 Å². The Morgan fingerprint density at radius 3 is 2.40 bits per heavy atom. The average Bonchev–Trinajstić information content (AvgIpc) is 3.56. The van der Waals surface area contributed by atoms with Gasteiger partial charge in [-0.3, -0.25) is 4.79 Å². The van der Waals surface area contributed by atoms with Crippen LogP contribution in [0.1, 0.15) is 28.8 Å². The number of ether oxygens (including phenoxy) is 1. The maximum atomic E-state index is 13.1. The molecule has 0 spiro atoms. The highest BCUT2D eigenvalue weighted by molar-refractivity contribution is 7.89. The van der Waals surface area contributed by atoms with Gasteiger partial charge in [-0.25, -0.2) is 13.1 Å². The molecule has 0 atom stereocenters. The van der Waals surface area contributed by atoms with E-state index in [-0.39, 0.29) is 22.6 Å². The molecule has 1 saturated heterocycles. The number of carbonyl (C=O) groups is 1. The van der Waals surface area contributed by atoms with Gasteiger partial charge in [-0.05, 0) is 49.6 Å². The number of nitrogens with zero attached hydrogens (tertiary/aromatic N) is 2. The van der Waals surface area contributed by atoms with Crippen LogP contribution in [0.3, 0.4) is 0 Å². The normalized spacial score (nSPS) is 17.1. The van der Waals surface area contributed by atoms with E-state index in [9.17, 15) is 13.2 Å². The lowest BCUT2D eigenvalue weighted by Crippen LogP contribution is -2.49. The second-order valence-electron chi connectivity index (χ2n) is 7.83. The number of rotatable bonds is 6. The monoisotopic (exact) mass is 429 g/mol. The average molecular weight is 430 g/mol. The molecule has 0 unspecified atom stereocenters. The van der Waals surface area contributed by atoms with Crippen LogP contribution in [0, 0.1) is 6.92 Å². The lowest BCUT2D eigenvalue weighted by molar-refractivity contribution is 0.0746. The van der Waals surface area contributed by atoms with Crippen LogP contribution in [0.15, 0.2) is 47.4 Å². The lowest BCUT2D eigenvalue weighted by atomic mass is 10.1. The van der Waals surface area contributed by atoms with E-state index in [1.54, 1.807) is 17.0 Å². The Morgan fingerprint density at radius 1 is 1.07 bits per heavy atom. The second kappa shape index (κ2) is 8.28. The molecule has 4 rings (SSSR count). The number of piperazine rings is 1. The van der Waals surface area contributed by atoms with Crippen LogP contribution >= 0.6 is 0 Å². The topological polar surface area (TPSA) is 79.0 Å². The summed E-state index contributed by atoms with van der Waals surface area (Å²) in [5.74, 6) is 0.0778. The fourth-order valence-electron chi connectivity index (χ4n) is 3.76. The van der Waals surface area contributed by atoms with E-state index in [0.29, 0.717) is 18.7 Å². The van der Waals surface area contributed by atoms with Crippen molar-refractivity contribution in [3.05, 3.63) is 53.6 Å². The second-order valence-corrected chi connectivity index (χ2v) is 9.51. The highest BCUT2D eigenvalue weighted by Crippen LogP contribution is 2.29. The van der Waals surface area contributed by atoms with E-state index in [1.807, 2.05) is 12.1 Å². The van der Waals surface area contributed by atoms with Crippen molar-refractivity contribution in [2.75, 3.05) is 38.2 Å². The number of methoxy groups -OCH3 is 1.